The van der Waals surface area contributed by atoms with Gasteiger partial charge in [0.15, 0.2) is 17.2 Å². The van der Waals surface area contributed by atoms with Gasteiger partial charge in [-0.1, -0.05) is 0 Å². The fraction of sp³-hybridized carbons (Fsp3) is 0.476. The Bertz CT molecular complexity index is 1060. The summed E-state index contributed by atoms with van der Waals surface area (Å²) in [5, 5.41) is 13.1. The lowest BCUT2D eigenvalue weighted by molar-refractivity contribution is -0.132. The molecule has 31 heavy (non-hydrogen) atoms. The molecule has 0 N–H and O–H groups in total. The van der Waals surface area contributed by atoms with Gasteiger partial charge in [-0.05, 0) is 37.1 Å². The van der Waals surface area contributed by atoms with Crippen LogP contribution in [0.5, 0.6) is 0 Å². The minimum Gasteiger partial charge on any atom is -0.459 e. The van der Waals surface area contributed by atoms with E-state index in [1.54, 1.807) is 26.4 Å². The second-order valence-corrected chi connectivity index (χ2v) is 7.92. The lowest BCUT2D eigenvalue weighted by atomic mass is 10.2. The van der Waals surface area contributed by atoms with Crippen molar-refractivity contribution in [3.05, 3.63) is 42.1 Å². The first-order valence-corrected chi connectivity index (χ1v) is 10.8. The number of amides is 2. The van der Waals surface area contributed by atoms with Gasteiger partial charge < -0.3 is 19.1 Å². The summed E-state index contributed by atoms with van der Waals surface area (Å²) < 4.78 is 6.93. The van der Waals surface area contributed by atoms with Crippen molar-refractivity contribution in [2.45, 2.75) is 25.7 Å². The van der Waals surface area contributed by atoms with Crippen LogP contribution in [0, 0.1) is 0 Å². The van der Waals surface area contributed by atoms with Crippen molar-refractivity contribution in [1.29, 1.82) is 0 Å². The summed E-state index contributed by atoms with van der Waals surface area (Å²) in [6, 6.07) is 7.26. The van der Waals surface area contributed by atoms with Gasteiger partial charge in [0.1, 0.15) is 5.82 Å². The van der Waals surface area contributed by atoms with Crippen LogP contribution in [-0.4, -0.2) is 80.7 Å². The SMILES string of the molecule is O=C(CCc1nnc2ccc(N3CCCC3)nn12)N1CCN(C(=O)c2ccco2)CC1. The van der Waals surface area contributed by atoms with Crippen molar-refractivity contribution >= 4 is 23.3 Å². The van der Waals surface area contributed by atoms with Gasteiger partial charge in [-0.3, -0.25) is 9.59 Å². The molecule has 2 fully saturated rings. The first-order valence-electron chi connectivity index (χ1n) is 10.8. The minimum atomic E-state index is -0.132. The van der Waals surface area contributed by atoms with Crippen molar-refractivity contribution in [2.24, 2.45) is 0 Å². The van der Waals surface area contributed by atoms with Crippen LogP contribution in [0.15, 0.2) is 34.9 Å². The van der Waals surface area contributed by atoms with E-state index < -0.39 is 0 Å². The van der Waals surface area contributed by atoms with E-state index in [1.807, 2.05) is 12.1 Å². The zero-order valence-corrected chi connectivity index (χ0v) is 17.3. The number of carbonyl (C=O) groups is 2. The van der Waals surface area contributed by atoms with Gasteiger partial charge in [0.05, 0.1) is 6.26 Å². The van der Waals surface area contributed by atoms with E-state index in [9.17, 15) is 9.59 Å². The Morgan fingerprint density at radius 2 is 1.71 bits per heavy atom. The number of furan rings is 1. The fourth-order valence-corrected chi connectivity index (χ4v) is 4.19. The van der Waals surface area contributed by atoms with Crippen LogP contribution in [0.3, 0.4) is 0 Å². The van der Waals surface area contributed by atoms with Gasteiger partial charge in [0, 0.05) is 52.1 Å². The van der Waals surface area contributed by atoms with E-state index in [-0.39, 0.29) is 11.8 Å². The van der Waals surface area contributed by atoms with Gasteiger partial charge in [-0.15, -0.1) is 15.3 Å². The van der Waals surface area contributed by atoms with Crippen LogP contribution in [0.4, 0.5) is 5.82 Å². The number of aromatic nitrogens is 4. The molecule has 2 aliphatic rings. The second-order valence-electron chi connectivity index (χ2n) is 7.92. The number of anilines is 1. The Labute approximate surface area is 179 Å². The van der Waals surface area contributed by atoms with Crippen molar-refractivity contribution in [3.8, 4) is 0 Å². The minimum absolute atomic E-state index is 0.0533. The van der Waals surface area contributed by atoms with Crippen LogP contribution in [0.1, 0.15) is 35.6 Å². The Kier molecular flexibility index (Phi) is 5.27. The molecule has 10 heteroatoms. The number of hydrogen-bond acceptors (Lipinski definition) is 7. The number of piperazine rings is 1. The lowest BCUT2D eigenvalue weighted by Gasteiger charge is -2.34. The third-order valence-electron chi connectivity index (χ3n) is 5.96. The molecule has 3 aromatic rings. The van der Waals surface area contributed by atoms with E-state index in [2.05, 4.69) is 15.1 Å². The molecule has 10 nitrogen and oxygen atoms in total. The zero-order chi connectivity index (χ0) is 21.2. The molecule has 3 aromatic heterocycles. The highest BCUT2D eigenvalue weighted by Gasteiger charge is 2.26. The number of aryl methyl sites for hydroxylation is 1. The lowest BCUT2D eigenvalue weighted by Crippen LogP contribution is -2.50. The summed E-state index contributed by atoms with van der Waals surface area (Å²) in [7, 11) is 0. The zero-order valence-electron chi connectivity index (χ0n) is 17.3. The third kappa shape index (κ3) is 3.97. The maximum atomic E-state index is 12.7. The summed E-state index contributed by atoms with van der Waals surface area (Å²) in [4.78, 5) is 30.9. The van der Waals surface area contributed by atoms with Gasteiger partial charge in [0.25, 0.3) is 5.91 Å². The monoisotopic (exact) mass is 423 g/mol. The molecule has 0 saturated carbocycles. The Morgan fingerprint density at radius 1 is 0.935 bits per heavy atom. The maximum absolute atomic E-state index is 12.7. The van der Waals surface area contributed by atoms with Crippen molar-refractivity contribution in [3.63, 3.8) is 0 Å². The summed E-state index contributed by atoms with van der Waals surface area (Å²) in [6.45, 7) is 4.07. The Morgan fingerprint density at radius 3 is 2.45 bits per heavy atom. The van der Waals surface area contributed by atoms with Crippen molar-refractivity contribution < 1.29 is 14.0 Å². The molecule has 0 aliphatic carbocycles. The third-order valence-corrected chi connectivity index (χ3v) is 5.96. The molecule has 162 valence electrons. The van der Waals surface area contributed by atoms with Crippen LogP contribution < -0.4 is 4.90 Å². The molecule has 0 unspecified atom stereocenters. The molecule has 2 saturated heterocycles. The van der Waals surface area contributed by atoms with E-state index in [0.29, 0.717) is 56.3 Å². The van der Waals surface area contributed by atoms with Gasteiger partial charge in [-0.2, -0.15) is 4.52 Å². The highest BCUT2D eigenvalue weighted by atomic mass is 16.3. The molecule has 5 rings (SSSR count). The Hall–Kier alpha value is -3.43. The largest absolute Gasteiger partial charge is 0.459 e. The topological polar surface area (TPSA) is 100 Å². The normalized spacial score (nSPS) is 17.0. The molecule has 0 atom stereocenters. The van der Waals surface area contributed by atoms with E-state index >= 15 is 0 Å². The highest BCUT2D eigenvalue weighted by molar-refractivity contribution is 5.91. The summed E-state index contributed by atoms with van der Waals surface area (Å²) in [5.41, 5.74) is 0.690. The molecule has 0 spiro atoms. The summed E-state index contributed by atoms with van der Waals surface area (Å²) in [6.07, 6.45) is 4.67. The molecule has 2 amide bonds. The number of fused-ring (bicyclic) bond motifs is 1. The van der Waals surface area contributed by atoms with Crippen LogP contribution in [0.25, 0.3) is 5.65 Å². The quantitative estimate of drug-likeness (QED) is 0.609. The van der Waals surface area contributed by atoms with Crippen LogP contribution in [0.2, 0.25) is 0 Å². The number of rotatable bonds is 5. The summed E-state index contributed by atoms with van der Waals surface area (Å²) in [5.74, 6) is 1.87. The first-order chi connectivity index (χ1) is 15.2. The number of carbonyl (C=O) groups excluding carboxylic acids is 2. The maximum Gasteiger partial charge on any atom is 0.289 e. The molecule has 0 aromatic carbocycles. The molecular formula is C21H25N7O3. The van der Waals surface area contributed by atoms with Crippen molar-refractivity contribution in [1.82, 2.24) is 29.6 Å². The average molecular weight is 423 g/mol. The first kappa shape index (κ1) is 19.5. The van der Waals surface area contributed by atoms with E-state index in [0.717, 1.165) is 18.9 Å². The molecule has 0 bridgehead atoms. The average Bonchev–Trinajstić information content (AvgIpc) is 3.58. The van der Waals surface area contributed by atoms with Crippen LogP contribution >= 0.6 is 0 Å². The highest BCUT2D eigenvalue weighted by Crippen LogP contribution is 2.18. The van der Waals surface area contributed by atoms with Gasteiger partial charge >= 0.3 is 0 Å². The van der Waals surface area contributed by atoms with E-state index in [4.69, 9.17) is 9.52 Å². The smallest absolute Gasteiger partial charge is 0.289 e. The predicted molar refractivity (Wildman–Crippen MR) is 112 cm³/mol. The van der Waals surface area contributed by atoms with Gasteiger partial charge in [0.2, 0.25) is 5.91 Å². The molecular weight excluding hydrogens is 398 g/mol. The van der Waals surface area contributed by atoms with E-state index in [1.165, 1.54) is 19.1 Å². The predicted octanol–water partition coefficient (Wildman–Crippen LogP) is 1.23. The molecule has 0 radical (unpaired) electrons. The van der Waals surface area contributed by atoms with Crippen LogP contribution in [-0.2, 0) is 11.2 Å². The second kappa shape index (κ2) is 8.37. The molecule has 5 heterocycles. The van der Waals surface area contributed by atoms with Gasteiger partial charge in [-0.25, -0.2) is 0 Å². The summed E-state index contributed by atoms with van der Waals surface area (Å²) >= 11 is 0. The number of nitrogens with zero attached hydrogens (tertiary/aromatic N) is 7. The fourth-order valence-electron chi connectivity index (χ4n) is 4.19. The Balaban J connectivity index is 1.18. The standard InChI is InChI=1S/C21H25N7O3/c29-20(26-11-13-27(14-12-26)21(30)16-4-3-15-31-16)8-7-18-23-22-17-5-6-19(24-28(17)18)25-9-1-2-10-25/h3-6,15H,1-2,7-14H2. The number of hydrogen-bond donors (Lipinski definition) is 0. The molecule has 2 aliphatic heterocycles. The van der Waals surface area contributed by atoms with Crippen molar-refractivity contribution in [2.75, 3.05) is 44.2 Å².